The maximum absolute atomic E-state index is 13.4. The van der Waals surface area contributed by atoms with E-state index in [1.807, 2.05) is 19.9 Å². The third-order valence-corrected chi connectivity index (χ3v) is 6.01. The van der Waals surface area contributed by atoms with E-state index in [0.717, 1.165) is 24.1 Å². The minimum atomic E-state index is -0.566. The molecule has 0 fully saturated rings. The standard InChI is InChI=1S/C23H21Cl2N3O2/c1-12-8-9-26-19(10-12)28-23(30)20-13(2)27-17-4-3-5-18(29)22(17)21(20)15-7-6-14(24)11-16(15)25/h6-11,21,27H,3-5H2,1-2H3,(H,26,28,30)/t21-/m0/s1. The van der Waals surface area contributed by atoms with Crippen LogP contribution in [-0.4, -0.2) is 16.7 Å². The number of rotatable bonds is 3. The van der Waals surface area contributed by atoms with Crippen molar-refractivity contribution >= 4 is 40.7 Å². The molecule has 1 aromatic heterocycles. The largest absolute Gasteiger partial charge is 0.362 e. The number of halogens is 2. The molecule has 1 aliphatic carbocycles. The third kappa shape index (κ3) is 3.87. The second-order valence-electron chi connectivity index (χ2n) is 7.60. The van der Waals surface area contributed by atoms with Crippen LogP contribution in [0.15, 0.2) is 59.1 Å². The number of ketones is 1. The number of aryl methyl sites for hydroxylation is 1. The average Bonchev–Trinajstić information content (AvgIpc) is 2.67. The van der Waals surface area contributed by atoms with Crippen molar-refractivity contribution in [1.29, 1.82) is 0 Å². The van der Waals surface area contributed by atoms with Crippen LogP contribution in [0, 0.1) is 6.92 Å². The molecule has 0 radical (unpaired) electrons. The number of carbonyl (C=O) groups is 2. The number of nitrogens with zero attached hydrogens (tertiary/aromatic N) is 1. The Morgan fingerprint density at radius 1 is 1.17 bits per heavy atom. The Bertz CT molecular complexity index is 1120. The smallest absolute Gasteiger partial charge is 0.255 e. The molecule has 1 atom stereocenters. The van der Waals surface area contributed by atoms with E-state index < -0.39 is 5.92 Å². The van der Waals surface area contributed by atoms with Crippen LogP contribution >= 0.6 is 23.2 Å². The normalized spacial score (nSPS) is 18.8. The molecule has 0 saturated heterocycles. The second-order valence-corrected chi connectivity index (χ2v) is 8.45. The first kappa shape index (κ1) is 20.6. The molecule has 2 aliphatic rings. The maximum Gasteiger partial charge on any atom is 0.255 e. The minimum absolute atomic E-state index is 0.0336. The Morgan fingerprint density at radius 2 is 1.97 bits per heavy atom. The number of hydrogen-bond acceptors (Lipinski definition) is 4. The molecule has 1 aliphatic heterocycles. The molecule has 4 rings (SSSR count). The van der Waals surface area contributed by atoms with Gasteiger partial charge in [0.15, 0.2) is 5.78 Å². The van der Waals surface area contributed by atoms with Gasteiger partial charge in [-0.25, -0.2) is 4.98 Å². The molecular weight excluding hydrogens is 421 g/mol. The van der Waals surface area contributed by atoms with E-state index in [2.05, 4.69) is 15.6 Å². The summed E-state index contributed by atoms with van der Waals surface area (Å²) in [5.74, 6) is -0.398. The Morgan fingerprint density at radius 3 is 2.70 bits per heavy atom. The van der Waals surface area contributed by atoms with Crippen LogP contribution in [0.1, 0.15) is 43.2 Å². The van der Waals surface area contributed by atoms with E-state index in [9.17, 15) is 9.59 Å². The first-order valence-electron chi connectivity index (χ1n) is 9.78. The number of nitrogens with one attached hydrogen (secondary N) is 2. The predicted molar refractivity (Wildman–Crippen MR) is 119 cm³/mol. The fraction of sp³-hybridized carbons (Fsp3) is 0.261. The van der Waals surface area contributed by atoms with Gasteiger partial charge in [0.25, 0.3) is 5.91 Å². The second kappa shape index (κ2) is 8.25. The van der Waals surface area contributed by atoms with Gasteiger partial charge in [0, 0.05) is 51.1 Å². The number of hydrogen-bond donors (Lipinski definition) is 2. The summed E-state index contributed by atoms with van der Waals surface area (Å²) in [6.45, 7) is 3.77. The number of carbonyl (C=O) groups excluding carboxylic acids is 2. The van der Waals surface area contributed by atoms with Crippen LogP contribution in [0.5, 0.6) is 0 Å². The van der Waals surface area contributed by atoms with Gasteiger partial charge < -0.3 is 10.6 Å². The molecule has 2 N–H and O–H groups in total. The quantitative estimate of drug-likeness (QED) is 0.677. The molecule has 30 heavy (non-hydrogen) atoms. The van der Waals surface area contributed by atoms with E-state index in [4.69, 9.17) is 23.2 Å². The molecule has 0 saturated carbocycles. The molecule has 1 aromatic carbocycles. The number of allylic oxidation sites excluding steroid dienone is 3. The summed E-state index contributed by atoms with van der Waals surface area (Å²) < 4.78 is 0. The van der Waals surface area contributed by atoms with Crippen molar-refractivity contribution in [3.63, 3.8) is 0 Å². The monoisotopic (exact) mass is 441 g/mol. The van der Waals surface area contributed by atoms with Crippen molar-refractivity contribution in [2.75, 3.05) is 5.32 Å². The van der Waals surface area contributed by atoms with Crippen LogP contribution in [-0.2, 0) is 9.59 Å². The third-order valence-electron chi connectivity index (χ3n) is 5.45. The lowest BCUT2D eigenvalue weighted by Gasteiger charge is -2.34. The molecule has 0 bridgehead atoms. The molecule has 2 heterocycles. The molecule has 154 valence electrons. The molecule has 2 aromatic rings. The fourth-order valence-electron chi connectivity index (χ4n) is 4.12. The van der Waals surface area contributed by atoms with E-state index in [0.29, 0.717) is 44.7 Å². The van der Waals surface area contributed by atoms with Gasteiger partial charge in [0.2, 0.25) is 0 Å². The highest BCUT2D eigenvalue weighted by Crippen LogP contribution is 2.44. The van der Waals surface area contributed by atoms with Crippen molar-refractivity contribution in [2.45, 2.75) is 39.0 Å². The van der Waals surface area contributed by atoms with Gasteiger partial charge in [-0.05, 0) is 62.1 Å². The Kier molecular flexibility index (Phi) is 5.67. The number of amides is 1. The summed E-state index contributed by atoms with van der Waals surface area (Å²) in [6, 6.07) is 8.81. The predicted octanol–water partition coefficient (Wildman–Crippen LogP) is 5.30. The van der Waals surface area contributed by atoms with Gasteiger partial charge in [-0.3, -0.25) is 9.59 Å². The molecule has 0 spiro atoms. The van der Waals surface area contributed by atoms with Crippen molar-refractivity contribution in [3.05, 3.63) is 80.2 Å². The van der Waals surface area contributed by atoms with Gasteiger partial charge in [-0.1, -0.05) is 29.3 Å². The molecule has 1 amide bonds. The zero-order valence-corrected chi connectivity index (χ0v) is 18.2. The van der Waals surface area contributed by atoms with E-state index in [-0.39, 0.29) is 11.7 Å². The summed E-state index contributed by atoms with van der Waals surface area (Å²) >= 11 is 12.6. The van der Waals surface area contributed by atoms with Gasteiger partial charge in [-0.2, -0.15) is 0 Å². The Balaban J connectivity index is 1.82. The maximum atomic E-state index is 13.4. The van der Waals surface area contributed by atoms with Gasteiger partial charge in [-0.15, -0.1) is 0 Å². The number of pyridine rings is 1. The van der Waals surface area contributed by atoms with Crippen LogP contribution < -0.4 is 10.6 Å². The Labute approximate surface area is 185 Å². The minimum Gasteiger partial charge on any atom is -0.362 e. The lowest BCUT2D eigenvalue weighted by Crippen LogP contribution is -2.35. The van der Waals surface area contributed by atoms with E-state index in [1.165, 1.54) is 0 Å². The fourth-order valence-corrected chi connectivity index (χ4v) is 4.64. The lowest BCUT2D eigenvalue weighted by atomic mass is 9.75. The van der Waals surface area contributed by atoms with Crippen molar-refractivity contribution in [3.8, 4) is 0 Å². The van der Waals surface area contributed by atoms with Crippen molar-refractivity contribution < 1.29 is 9.59 Å². The molecule has 5 nitrogen and oxygen atoms in total. The molecule has 7 heteroatoms. The number of dihydropyridines is 1. The summed E-state index contributed by atoms with van der Waals surface area (Å²) in [6.07, 6.45) is 3.64. The summed E-state index contributed by atoms with van der Waals surface area (Å²) in [7, 11) is 0. The first-order chi connectivity index (χ1) is 14.3. The van der Waals surface area contributed by atoms with Crippen LogP contribution in [0.25, 0.3) is 0 Å². The zero-order valence-electron chi connectivity index (χ0n) is 16.7. The summed E-state index contributed by atoms with van der Waals surface area (Å²) in [4.78, 5) is 30.5. The van der Waals surface area contributed by atoms with Gasteiger partial charge in [0.1, 0.15) is 5.82 Å². The number of aromatic nitrogens is 1. The number of anilines is 1. The van der Waals surface area contributed by atoms with Crippen LogP contribution in [0.2, 0.25) is 10.0 Å². The topological polar surface area (TPSA) is 71.1 Å². The van der Waals surface area contributed by atoms with E-state index >= 15 is 0 Å². The molecular formula is C23H21Cl2N3O2. The average molecular weight is 442 g/mol. The zero-order chi connectivity index (χ0) is 21.4. The highest BCUT2D eigenvalue weighted by molar-refractivity contribution is 6.35. The highest BCUT2D eigenvalue weighted by atomic mass is 35.5. The highest BCUT2D eigenvalue weighted by Gasteiger charge is 2.39. The molecule has 0 unspecified atom stereocenters. The van der Waals surface area contributed by atoms with Gasteiger partial charge >= 0.3 is 0 Å². The number of Topliss-reactive ketones (excluding diaryl/α,β-unsaturated/α-hetero) is 1. The Hall–Kier alpha value is -2.63. The van der Waals surface area contributed by atoms with Crippen molar-refractivity contribution in [1.82, 2.24) is 10.3 Å². The summed E-state index contributed by atoms with van der Waals surface area (Å²) in [5.41, 5.74) is 4.30. The van der Waals surface area contributed by atoms with Gasteiger partial charge in [0.05, 0.1) is 0 Å². The van der Waals surface area contributed by atoms with Crippen molar-refractivity contribution in [2.24, 2.45) is 0 Å². The van der Waals surface area contributed by atoms with E-state index in [1.54, 1.807) is 30.5 Å². The first-order valence-corrected chi connectivity index (χ1v) is 10.5. The lowest BCUT2D eigenvalue weighted by molar-refractivity contribution is -0.116. The number of benzene rings is 1. The van der Waals surface area contributed by atoms with Crippen LogP contribution in [0.3, 0.4) is 0 Å². The van der Waals surface area contributed by atoms with Crippen LogP contribution in [0.4, 0.5) is 5.82 Å². The summed E-state index contributed by atoms with van der Waals surface area (Å²) in [5, 5.41) is 7.09. The SMILES string of the molecule is CC1=C(C(=O)Nc2cc(C)ccn2)[C@H](c2ccc(Cl)cc2Cl)C2=C(CCCC2=O)N1.